The van der Waals surface area contributed by atoms with Crippen molar-refractivity contribution >= 4 is 11.7 Å². The van der Waals surface area contributed by atoms with E-state index in [1.165, 1.54) is 6.07 Å². The first-order valence-corrected chi connectivity index (χ1v) is 13.3. The van der Waals surface area contributed by atoms with Crippen LogP contribution in [0.25, 0.3) is 28.2 Å². The number of piperidine rings is 1. The molecule has 0 aliphatic carbocycles. The molecule has 2 N–H and O–H groups in total. The molecule has 10 heteroatoms. The van der Waals surface area contributed by atoms with Crippen molar-refractivity contribution < 1.29 is 19.0 Å². The molecule has 0 radical (unpaired) electrons. The first-order chi connectivity index (χ1) is 19.3. The van der Waals surface area contributed by atoms with Crippen LogP contribution in [0.1, 0.15) is 30.9 Å². The molecule has 3 heterocycles. The number of carboxylic acid groups (broad SMARTS) is 1. The van der Waals surface area contributed by atoms with E-state index in [9.17, 15) is 10.1 Å². The van der Waals surface area contributed by atoms with Gasteiger partial charge in [0.15, 0.2) is 0 Å². The molecule has 206 valence electrons. The normalized spacial score (nSPS) is 16.4. The molecule has 0 bridgehead atoms. The van der Waals surface area contributed by atoms with Gasteiger partial charge in [-0.25, -0.2) is 19.2 Å². The van der Waals surface area contributed by atoms with Gasteiger partial charge in [-0.05, 0) is 63.5 Å². The van der Waals surface area contributed by atoms with Crippen molar-refractivity contribution in [1.29, 1.82) is 5.26 Å². The number of carbonyl (C=O) groups is 1. The maximum atomic E-state index is 15.3. The van der Waals surface area contributed by atoms with Crippen molar-refractivity contribution in [3.63, 3.8) is 0 Å². The number of nitrogens with one attached hydrogen (secondary N) is 1. The molecule has 5 rings (SSSR count). The molecule has 0 spiro atoms. The van der Waals surface area contributed by atoms with Crippen LogP contribution in [0.4, 0.5) is 9.18 Å². The molecule has 40 heavy (non-hydrogen) atoms. The Kier molecular flexibility index (Phi) is 7.94. The van der Waals surface area contributed by atoms with E-state index in [1.54, 1.807) is 43.6 Å². The summed E-state index contributed by atoms with van der Waals surface area (Å²) in [6, 6.07) is 13.7. The Morgan fingerprint density at radius 1 is 1.27 bits per heavy atom. The molecule has 1 aliphatic rings. The van der Waals surface area contributed by atoms with Gasteiger partial charge in [0.05, 0.1) is 29.6 Å². The summed E-state index contributed by atoms with van der Waals surface area (Å²) in [7, 11) is 2.11. The second kappa shape index (κ2) is 11.7. The molecule has 1 aliphatic heterocycles. The summed E-state index contributed by atoms with van der Waals surface area (Å²) < 4.78 is 23.5. The molecular weight excluding hydrogens is 511 g/mol. The van der Waals surface area contributed by atoms with Crippen molar-refractivity contribution in [2.75, 3.05) is 26.7 Å². The minimum absolute atomic E-state index is 0.211. The number of nitriles is 1. The topological polar surface area (TPSA) is 116 Å². The van der Waals surface area contributed by atoms with E-state index in [0.717, 1.165) is 31.5 Å². The number of halogens is 1. The average Bonchev–Trinajstić information content (AvgIpc) is 3.42. The fraction of sp³-hybridized carbons (Fsp3) is 0.333. The highest BCUT2D eigenvalue weighted by Gasteiger charge is 2.23. The van der Waals surface area contributed by atoms with Gasteiger partial charge in [-0.15, -0.1) is 0 Å². The van der Waals surface area contributed by atoms with Crippen LogP contribution in [0.5, 0.6) is 5.88 Å². The summed E-state index contributed by atoms with van der Waals surface area (Å²) in [4.78, 5) is 22.7. The van der Waals surface area contributed by atoms with Crippen molar-refractivity contribution in [3.8, 4) is 34.5 Å². The number of imidazole rings is 1. The fourth-order valence-electron chi connectivity index (χ4n) is 5.30. The summed E-state index contributed by atoms with van der Waals surface area (Å²) >= 11 is 0. The number of aromatic nitrogens is 3. The van der Waals surface area contributed by atoms with Crippen molar-refractivity contribution in [3.05, 3.63) is 71.8 Å². The number of likely N-dealkylation sites (tertiary alicyclic amines) is 1. The van der Waals surface area contributed by atoms with Gasteiger partial charge in [-0.3, -0.25) is 4.40 Å². The molecule has 1 unspecified atom stereocenters. The molecule has 2 aromatic heterocycles. The lowest BCUT2D eigenvalue weighted by Gasteiger charge is -2.29. The van der Waals surface area contributed by atoms with E-state index < -0.39 is 18.0 Å². The predicted molar refractivity (Wildman–Crippen MR) is 149 cm³/mol. The number of ether oxygens (including phenoxy) is 1. The second-order valence-electron chi connectivity index (χ2n) is 10.4. The third kappa shape index (κ3) is 5.90. The van der Waals surface area contributed by atoms with Gasteiger partial charge in [-0.2, -0.15) is 5.26 Å². The Morgan fingerprint density at radius 2 is 2.05 bits per heavy atom. The van der Waals surface area contributed by atoms with Crippen molar-refractivity contribution in [1.82, 2.24) is 24.6 Å². The molecule has 9 nitrogen and oxygen atoms in total. The molecule has 2 atom stereocenters. The average molecular weight is 543 g/mol. The first kappa shape index (κ1) is 27.1. The third-order valence-electron chi connectivity index (χ3n) is 7.20. The molecule has 4 aromatic rings. The summed E-state index contributed by atoms with van der Waals surface area (Å²) in [6.07, 6.45) is 4.73. The monoisotopic (exact) mass is 542 g/mol. The van der Waals surface area contributed by atoms with E-state index >= 15 is 4.39 Å². The number of rotatable bonds is 8. The molecule has 0 saturated carbocycles. The smallest absolute Gasteiger partial charge is 0.404 e. The zero-order valence-electron chi connectivity index (χ0n) is 22.5. The molecular formula is C30H31FN6O3. The van der Waals surface area contributed by atoms with Gasteiger partial charge in [0.2, 0.25) is 5.65 Å². The van der Waals surface area contributed by atoms with Crippen molar-refractivity contribution in [2.24, 2.45) is 5.92 Å². The zero-order valence-corrected chi connectivity index (χ0v) is 22.5. The highest BCUT2D eigenvalue weighted by molar-refractivity contribution is 5.81. The Hall–Kier alpha value is -4.49. The number of hydrogen-bond donors (Lipinski definition) is 2. The number of hydrogen-bond acceptors (Lipinski definition) is 6. The standard InChI is InChI=1S/C30H31FN6O3/c1-19(34-30(38)39)14-23-9-10-24(15-25(23)31)27-26(22-7-5-20(16-32)6-8-22)35-29(28-33-11-13-37(27)28)40-18-21-4-3-12-36(2)17-21/h5-11,13,15,19,21,34H,3-4,12,14,17-18H2,1-2H3,(H,38,39)/t19?,21-/m1/s1. The Bertz CT molecular complexity index is 1560. The third-order valence-corrected chi connectivity index (χ3v) is 7.20. The van der Waals surface area contributed by atoms with Crippen molar-refractivity contribution in [2.45, 2.75) is 32.2 Å². The van der Waals surface area contributed by atoms with Gasteiger partial charge in [0.25, 0.3) is 5.88 Å². The SMILES string of the molecule is CC(Cc1ccc(-c2c(-c3ccc(C#N)cc3)nc(OC[C@@H]3CCCN(C)C3)c3nccn23)cc1F)NC(=O)O. The van der Waals surface area contributed by atoms with Crippen LogP contribution < -0.4 is 10.1 Å². The van der Waals surface area contributed by atoms with Crippen LogP contribution in [-0.4, -0.2) is 63.3 Å². The lowest BCUT2D eigenvalue weighted by atomic mass is 9.99. The second-order valence-corrected chi connectivity index (χ2v) is 10.4. The lowest BCUT2D eigenvalue weighted by Crippen LogP contribution is -2.34. The summed E-state index contributed by atoms with van der Waals surface area (Å²) in [5.41, 5.74) is 3.97. The fourth-order valence-corrected chi connectivity index (χ4v) is 5.30. The predicted octanol–water partition coefficient (Wildman–Crippen LogP) is 4.99. The number of nitrogens with zero attached hydrogens (tertiary/aromatic N) is 5. The van der Waals surface area contributed by atoms with Crippen LogP contribution >= 0.6 is 0 Å². The van der Waals surface area contributed by atoms with Gasteiger partial charge in [0, 0.05) is 42.0 Å². The van der Waals surface area contributed by atoms with Crippen LogP contribution in [0.3, 0.4) is 0 Å². The number of amides is 1. The first-order valence-electron chi connectivity index (χ1n) is 13.3. The number of benzene rings is 2. The molecule has 1 amide bonds. The van der Waals surface area contributed by atoms with E-state index in [4.69, 9.17) is 14.8 Å². The molecule has 1 fully saturated rings. The van der Waals surface area contributed by atoms with Crippen LogP contribution in [0.2, 0.25) is 0 Å². The van der Waals surface area contributed by atoms with Gasteiger partial charge in [-0.1, -0.05) is 24.3 Å². The molecule has 1 saturated heterocycles. The molecule has 2 aromatic carbocycles. The number of fused-ring (bicyclic) bond motifs is 1. The van der Waals surface area contributed by atoms with E-state index in [1.807, 2.05) is 16.5 Å². The van der Waals surface area contributed by atoms with Gasteiger partial charge in [0.1, 0.15) is 5.82 Å². The maximum absolute atomic E-state index is 15.3. The van der Waals surface area contributed by atoms with Gasteiger partial charge < -0.3 is 20.1 Å². The van der Waals surface area contributed by atoms with Crippen LogP contribution in [0.15, 0.2) is 54.9 Å². The minimum Gasteiger partial charge on any atom is -0.475 e. The van der Waals surface area contributed by atoms with E-state index in [0.29, 0.717) is 52.1 Å². The van der Waals surface area contributed by atoms with E-state index in [-0.39, 0.29) is 6.42 Å². The van der Waals surface area contributed by atoms with Crippen LogP contribution in [0, 0.1) is 23.1 Å². The Morgan fingerprint density at radius 3 is 2.75 bits per heavy atom. The largest absolute Gasteiger partial charge is 0.475 e. The van der Waals surface area contributed by atoms with Crippen LogP contribution in [-0.2, 0) is 6.42 Å². The zero-order chi connectivity index (χ0) is 28.2. The summed E-state index contributed by atoms with van der Waals surface area (Å²) in [5.74, 6) is 0.331. The van der Waals surface area contributed by atoms with E-state index in [2.05, 4.69) is 28.3 Å². The lowest BCUT2D eigenvalue weighted by molar-refractivity contribution is 0.148. The quantitative estimate of drug-likeness (QED) is 0.322. The Labute approximate surface area is 231 Å². The van der Waals surface area contributed by atoms with Gasteiger partial charge >= 0.3 is 6.09 Å². The maximum Gasteiger partial charge on any atom is 0.404 e. The summed E-state index contributed by atoms with van der Waals surface area (Å²) in [5, 5.41) is 20.6. The highest BCUT2D eigenvalue weighted by atomic mass is 19.1. The Balaban J connectivity index is 1.57. The highest BCUT2D eigenvalue weighted by Crippen LogP contribution is 2.36. The minimum atomic E-state index is -1.15. The summed E-state index contributed by atoms with van der Waals surface area (Å²) in [6.45, 7) is 4.24.